The van der Waals surface area contributed by atoms with Crippen molar-refractivity contribution in [2.75, 3.05) is 13.2 Å². The first-order valence-corrected chi connectivity index (χ1v) is 8.16. The number of rotatable bonds is 8. The van der Waals surface area contributed by atoms with Gasteiger partial charge in [-0.3, -0.25) is 0 Å². The van der Waals surface area contributed by atoms with Crippen LogP contribution in [0.5, 0.6) is 5.75 Å². The second kappa shape index (κ2) is 8.36. The van der Waals surface area contributed by atoms with E-state index in [1.807, 2.05) is 36.4 Å². The fraction of sp³-hybridized carbons (Fsp3) is 0.278. The number of aliphatic hydroxyl groups is 1. The van der Waals surface area contributed by atoms with Gasteiger partial charge in [-0.15, -0.1) is 5.10 Å². The largest absolute Gasteiger partial charge is 0.491 e. The Morgan fingerprint density at radius 2 is 1.96 bits per heavy atom. The van der Waals surface area contributed by atoms with Crippen LogP contribution < -0.4 is 10.1 Å². The normalized spacial score (nSPS) is 12.1. The molecule has 3 rings (SSSR count). The number of tetrazole rings is 1. The van der Waals surface area contributed by atoms with E-state index in [9.17, 15) is 0 Å². The van der Waals surface area contributed by atoms with Gasteiger partial charge < -0.3 is 15.2 Å². The number of nitrogens with zero attached hydrogens (tertiary/aromatic N) is 4. The van der Waals surface area contributed by atoms with E-state index < -0.39 is 0 Å². The minimum absolute atomic E-state index is 0.00576. The van der Waals surface area contributed by atoms with E-state index in [0.29, 0.717) is 13.2 Å². The van der Waals surface area contributed by atoms with Gasteiger partial charge in [-0.05, 0) is 41.1 Å². The Hall–Kier alpha value is -2.77. The zero-order valence-electron chi connectivity index (χ0n) is 14.0. The Morgan fingerprint density at radius 3 is 2.68 bits per heavy atom. The monoisotopic (exact) mass is 339 g/mol. The molecular weight excluding hydrogens is 318 g/mol. The van der Waals surface area contributed by atoms with E-state index in [1.54, 1.807) is 11.0 Å². The molecule has 0 aliphatic rings. The molecule has 1 aromatic heterocycles. The second-order valence-corrected chi connectivity index (χ2v) is 5.63. The van der Waals surface area contributed by atoms with Crippen LogP contribution in [0.2, 0.25) is 0 Å². The Bertz CT molecular complexity index is 774. The molecule has 7 heteroatoms. The molecule has 0 saturated carbocycles. The van der Waals surface area contributed by atoms with Crippen molar-refractivity contribution in [3.05, 3.63) is 66.0 Å². The van der Waals surface area contributed by atoms with Crippen LogP contribution in [0.15, 0.2) is 54.9 Å². The standard InChI is InChI=1S/C18H21N5O2/c1-14(15-6-8-17(9-7-15)23-13-20-21-22-23)19-12-16-4-2-3-5-18(16)25-11-10-24/h2-9,13-14,19,24H,10-12H2,1H3. The third-order valence-corrected chi connectivity index (χ3v) is 3.93. The van der Waals surface area contributed by atoms with Gasteiger partial charge in [-0.1, -0.05) is 30.3 Å². The summed E-state index contributed by atoms with van der Waals surface area (Å²) in [6, 6.07) is 16.1. The summed E-state index contributed by atoms with van der Waals surface area (Å²) in [7, 11) is 0. The molecular formula is C18H21N5O2. The maximum Gasteiger partial charge on any atom is 0.143 e. The number of hydrogen-bond donors (Lipinski definition) is 2. The lowest BCUT2D eigenvalue weighted by Gasteiger charge is -2.17. The summed E-state index contributed by atoms with van der Waals surface area (Å²) in [5.41, 5.74) is 3.15. The van der Waals surface area contributed by atoms with Crippen LogP contribution >= 0.6 is 0 Å². The minimum atomic E-state index is 0.00576. The smallest absolute Gasteiger partial charge is 0.143 e. The molecule has 130 valence electrons. The minimum Gasteiger partial charge on any atom is -0.491 e. The van der Waals surface area contributed by atoms with Gasteiger partial charge in [0.25, 0.3) is 0 Å². The average molecular weight is 339 g/mol. The molecule has 25 heavy (non-hydrogen) atoms. The van der Waals surface area contributed by atoms with Crippen LogP contribution in [0.3, 0.4) is 0 Å². The summed E-state index contributed by atoms with van der Waals surface area (Å²) in [5.74, 6) is 0.797. The molecule has 1 heterocycles. The van der Waals surface area contributed by atoms with Crippen molar-refractivity contribution in [3.63, 3.8) is 0 Å². The first-order chi connectivity index (χ1) is 12.3. The van der Waals surface area contributed by atoms with Crippen LogP contribution in [0.4, 0.5) is 0 Å². The highest BCUT2D eigenvalue weighted by Crippen LogP contribution is 2.20. The van der Waals surface area contributed by atoms with Gasteiger partial charge in [0, 0.05) is 18.2 Å². The van der Waals surface area contributed by atoms with Crippen molar-refractivity contribution in [1.29, 1.82) is 0 Å². The van der Waals surface area contributed by atoms with Crippen molar-refractivity contribution >= 4 is 0 Å². The summed E-state index contributed by atoms with van der Waals surface area (Å²) < 4.78 is 7.19. The Balaban J connectivity index is 1.62. The molecule has 1 unspecified atom stereocenters. The molecule has 0 saturated heterocycles. The summed E-state index contributed by atoms with van der Waals surface area (Å²) in [6.07, 6.45) is 1.57. The van der Waals surface area contributed by atoms with Crippen molar-refractivity contribution in [3.8, 4) is 11.4 Å². The summed E-state index contributed by atoms with van der Waals surface area (Å²) >= 11 is 0. The van der Waals surface area contributed by atoms with Gasteiger partial charge in [-0.2, -0.15) is 0 Å². The molecule has 2 aromatic carbocycles. The average Bonchev–Trinajstić information content (AvgIpc) is 3.20. The number of aromatic nitrogens is 4. The topological polar surface area (TPSA) is 85.1 Å². The van der Waals surface area contributed by atoms with Crippen LogP contribution in [0, 0.1) is 0 Å². The van der Waals surface area contributed by atoms with Gasteiger partial charge in [-0.25, -0.2) is 4.68 Å². The third kappa shape index (κ3) is 4.40. The van der Waals surface area contributed by atoms with Gasteiger partial charge in [0.1, 0.15) is 18.7 Å². The number of hydrogen-bond acceptors (Lipinski definition) is 6. The third-order valence-electron chi connectivity index (χ3n) is 3.93. The van der Waals surface area contributed by atoms with E-state index >= 15 is 0 Å². The first-order valence-electron chi connectivity index (χ1n) is 8.16. The molecule has 2 N–H and O–H groups in total. The molecule has 0 amide bonds. The highest BCUT2D eigenvalue weighted by molar-refractivity contribution is 5.35. The van der Waals surface area contributed by atoms with Gasteiger partial charge in [0.05, 0.1) is 12.3 Å². The Morgan fingerprint density at radius 1 is 1.16 bits per heavy atom. The SMILES string of the molecule is CC(NCc1ccccc1OCCO)c1ccc(-n2cnnn2)cc1. The van der Waals surface area contributed by atoms with E-state index in [-0.39, 0.29) is 12.6 Å². The fourth-order valence-corrected chi connectivity index (χ4v) is 2.52. The molecule has 0 aliphatic heterocycles. The van der Waals surface area contributed by atoms with Crippen molar-refractivity contribution in [1.82, 2.24) is 25.5 Å². The van der Waals surface area contributed by atoms with Crippen LogP contribution in [0.25, 0.3) is 5.69 Å². The number of para-hydroxylation sites is 1. The van der Waals surface area contributed by atoms with Crippen LogP contribution in [-0.4, -0.2) is 38.5 Å². The van der Waals surface area contributed by atoms with E-state index in [0.717, 1.165) is 17.0 Å². The predicted octanol–water partition coefficient (Wildman–Crippen LogP) is 1.88. The molecule has 0 radical (unpaired) electrons. The van der Waals surface area contributed by atoms with Gasteiger partial charge in [0.15, 0.2) is 0 Å². The van der Waals surface area contributed by atoms with Crippen molar-refractivity contribution < 1.29 is 9.84 Å². The zero-order valence-corrected chi connectivity index (χ0v) is 14.0. The molecule has 0 spiro atoms. The quantitative estimate of drug-likeness (QED) is 0.652. The molecule has 7 nitrogen and oxygen atoms in total. The fourth-order valence-electron chi connectivity index (χ4n) is 2.52. The second-order valence-electron chi connectivity index (χ2n) is 5.63. The lowest BCUT2D eigenvalue weighted by atomic mass is 10.1. The number of benzene rings is 2. The zero-order chi connectivity index (χ0) is 17.5. The van der Waals surface area contributed by atoms with Crippen molar-refractivity contribution in [2.24, 2.45) is 0 Å². The molecule has 0 bridgehead atoms. The van der Waals surface area contributed by atoms with E-state index in [1.165, 1.54) is 5.56 Å². The lowest BCUT2D eigenvalue weighted by Crippen LogP contribution is -2.19. The van der Waals surface area contributed by atoms with Gasteiger partial charge in [0.2, 0.25) is 0 Å². The van der Waals surface area contributed by atoms with Crippen LogP contribution in [0.1, 0.15) is 24.1 Å². The Kier molecular flexibility index (Phi) is 5.71. The van der Waals surface area contributed by atoms with Crippen molar-refractivity contribution in [2.45, 2.75) is 19.5 Å². The maximum absolute atomic E-state index is 8.92. The molecule has 0 aliphatic carbocycles. The summed E-state index contributed by atoms with van der Waals surface area (Å²) in [5, 5.41) is 23.6. The lowest BCUT2D eigenvalue weighted by molar-refractivity contribution is 0.200. The predicted molar refractivity (Wildman–Crippen MR) is 93.4 cm³/mol. The number of ether oxygens (including phenoxy) is 1. The summed E-state index contributed by atoms with van der Waals surface area (Å²) in [4.78, 5) is 0. The maximum atomic E-state index is 8.92. The highest BCUT2D eigenvalue weighted by atomic mass is 16.5. The van der Waals surface area contributed by atoms with E-state index in [2.05, 4.69) is 39.9 Å². The molecule has 3 aromatic rings. The highest BCUT2D eigenvalue weighted by Gasteiger charge is 2.08. The Labute approximate surface area is 146 Å². The van der Waals surface area contributed by atoms with Crippen LogP contribution in [-0.2, 0) is 6.54 Å². The first kappa shape index (κ1) is 17.1. The van der Waals surface area contributed by atoms with Gasteiger partial charge >= 0.3 is 0 Å². The van der Waals surface area contributed by atoms with E-state index in [4.69, 9.17) is 9.84 Å². The summed E-state index contributed by atoms with van der Waals surface area (Å²) in [6.45, 7) is 3.09. The molecule has 1 atom stereocenters. The number of nitrogens with one attached hydrogen (secondary N) is 1. The number of aliphatic hydroxyl groups excluding tert-OH is 1. The molecule has 0 fully saturated rings.